The highest BCUT2D eigenvalue weighted by Crippen LogP contribution is 2.22. The third-order valence-electron chi connectivity index (χ3n) is 4.96. The molecule has 1 N–H and O–H groups in total. The van der Waals surface area contributed by atoms with Crippen LogP contribution in [0.25, 0.3) is 11.3 Å². The number of carbonyl (C=O) groups is 1. The molecule has 1 aromatic heterocycles. The number of anilines is 1. The van der Waals surface area contributed by atoms with Crippen molar-refractivity contribution >= 4 is 11.6 Å². The summed E-state index contributed by atoms with van der Waals surface area (Å²) < 4.78 is 10.5. The molecule has 1 unspecified atom stereocenters. The van der Waals surface area contributed by atoms with Gasteiger partial charge in [0.05, 0.1) is 7.11 Å². The minimum atomic E-state index is -0.115. The van der Waals surface area contributed by atoms with Crippen LogP contribution in [-0.4, -0.2) is 42.2 Å². The molecule has 2 aromatic carbocycles. The number of carbonyl (C=O) groups excluding carboxylic acids is 1. The quantitative estimate of drug-likeness (QED) is 0.726. The van der Waals surface area contributed by atoms with Crippen molar-refractivity contribution < 1.29 is 14.1 Å². The van der Waals surface area contributed by atoms with Gasteiger partial charge in [0.1, 0.15) is 11.4 Å². The number of likely N-dealkylation sites (tertiary alicyclic amines) is 1. The zero-order chi connectivity index (χ0) is 19.3. The van der Waals surface area contributed by atoms with E-state index in [0.29, 0.717) is 12.2 Å². The van der Waals surface area contributed by atoms with E-state index >= 15 is 0 Å². The number of benzene rings is 2. The van der Waals surface area contributed by atoms with Gasteiger partial charge in [-0.25, -0.2) is 0 Å². The van der Waals surface area contributed by atoms with Gasteiger partial charge in [0.15, 0.2) is 0 Å². The standard InChI is InChI=1S/C22H23N3O3/c1-27-19-11-9-17(10-12-19)23-18-8-5-13-25(15-18)22(26)21-14-20(24-28-21)16-6-3-2-4-7-16/h2-4,6-7,9-12,14,18,23H,5,8,13,15H2,1H3. The van der Waals surface area contributed by atoms with Crippen molar-refractivity contribution in [2.75, 3.05) is 25.5 Å². The molecule has 144 valence electrons. The van der Waals surface area contributed by atoms with Crippen LogP contribution in [0.5, 0.6) is 5.75 Å². The van der Waals surface area contributed by atoms with Crippen LogP contribution < -0.4 is 10.1 Å². The highest BCUT2D eigenvalue weighted by atomic mass is 16.5. The maximum Gasteiger partial charge on any atom is 0.292 e. The Morgan fingerprint density at radius 2 is 1.96 bits per heavy atom. The third-order valence-corrected chi connectivity index (χ3v) is 4.96. The van der Waals surface area contributed by atoms with E-state index in [0.717, 1.165) is 36.4 Å². The molecule has 0 saturated carbocycles. The summed E-state index contributed by atoms with van der Waals surface area (Å²) in [5.74, 6) is 0.991. The SMILES string of the molecule is COc1ccc(NC2CCCN(C(=O)c3cc(-c4ccccc4)no3)C2)cc1. The molecule has 3 aromatic rings. The fourth-order valence-electron chi connectivity index (χ4n) is 3.48. The van der Waals surface area contributed by atoms with Gasteiger partial charge in [-0.3, -0.25) is 4.79 Å². The highest BCUT2D eigenvalue weighted by Gasteiger charge is 2.27. The van der Waals surface area contributed by atoms with Gasteiger partial charge in [-0.1, -0.05) is 35.5 Å². The van der Waals surface area contributed by atoms with Crippen LogP contribution in [0, 0.1) is 0 Å². The minimum absolute atomic E-state index is 0.115. The van der Waals surface area contributed by atoms with Gasteiger partial charge < -0.3 is 19.5 Å². The molecule has 0 radical (unpaired) electrons. The molecule has 1 amide bonds. The zero-order valence-corrected chi connectivity index (χ0v) is 15.8. The van der Waals surface area contributed by atoms with Crippen LogP contribution in [0.3, 0.4) is 0 Å². The second-order valence-electron chi connectivity index (χ2n) is 6.91. The molecular weight excluding hydrogens is 354 g/mol. The average Bonchev–Trinajstić information content (AvgIpc) is 3.25. The summed E-state index contributed by atoms with van der Waals surface area (Å²) in [6, 6.07) is 19.5. The van der Waals surface area contributed by atoms with Crippen molar-refractivity contribution in [2.24, 2.45) is 0 Å². The molecule has 0 spiro atoms. The molecule has 2 heterocycles. The number of rotatable bonds is 5. The van der Waals surface area contributed by atoms with E-state index in [1.165, 1.54) is 0 Å². The molecule has 0 bridgehead atoms. The van der Waals surface area contributed by atoms with Crippen molar-refractivity contribution in [3.05, 3.63) is 66.4 Å². The van der Waals surface area contributed by atoms with E-state index in [1.807, 2.05) is 59.5 Å². The van der Waals surface area contributed by atoms with Gasteiger partial charge in [0, 0.05) is 36.4 Å². The van der Waals surface area contributed by atoms with Crippen LogP contribution in [0.15, 0.2) is 65.2 Å². The Balaban J connectivity index is 1.41. The number of hydrogen-bond donors (Lipinski definition) is 1. The normalized spacial score (nSPS) is 16.6. The van der Waals surface area contributed by atoms with Crippen molar-refractivity contribution in [1.29, 1.82) is 0 Å². The van der Waals surface area contributed by atoms with Gasteiger partial charge in [0.2, 0.25) is 5.76 Å². The number of ether oxygens (including phenoxy) is 1. The number of piperidine rings is 1. The van der Waals surface area contributed by atoms with E-state index in [1.54, 1.807) is 13.2 Å². The monoisotopic (exact) mass is 377 g/mol. The van der Waals surface area contributed by atoms with E-state index < -0.39 is 0 Å². The zero-order valence-electron chi connectivity index (χ0n) is 15.8. The number of nitrogens with zero attached hydrogens (tertiary/aromatic N) is 2. The van der Waals surface area contributed by atoms with E-state index in [-0.39, 0.29) is 17.7 Å². The lowest BCUT2D eigenvalue weighted by Crippen LogP contribution is -2.45. The van der Waals surface area contributed by atoms with Crippen molar-refractivity contribution in [3.8, 4) is 17.0 Å². The van der Waals surface area contributed by atoms with E-state index in [4.69, 9.17) is 9.26 Å². The van der Waals surface area contributed by atoms with Crippen LogP contribution in [0.2, 0.25) is 0 Å². The average molecular weight is 377 g/mol. The van der Waals surface area contributed by atoms with E-state index in [9.17, 15) is 4.79 Å². The van der Waals surface area contributed by atoms with Gasteiger partial charge in [-0.15, -0.1) is 0 Å². The second-order valence-corrected chi connectivity index (χ2v) is 6.91. The summed E-state index contributed by atoms with van der Waals surface area (Å²) in [6.07, 6.45) is 1.96. The molecule has 1 saturated heterocycles. The Labute approximate surface area is 164 Å². The number of amides is 1. The smallest absolute Gasteiger partial charge is 0.292 e. The lowest BCUT2D eigenvalue weighted by molar-refractivity contribution is 0.0673. The number of hydrogen-bond acceptors (Lipinski definition) is 5. The first-order valence-corrected chi connectivity index (χ1v) is 9.45. The molecule has 6 heteroatoms. The summed E-state index contributed by atoms with van der Waals surface area (Å²) in [7, 11) is 1.65. The predicted molar refractivity (Wildman–Crippen MR) is 107 cm³/mol. The topological polar surface area (TPSA) is 67.6 Å². The Hall–Kier alpha value is -3.28. The lowest BCUT2D eigenvalue weighted by Gasteiger charge is -2.33. The fraction of sp³-hybridized carbons (Fsp3) is 0.273. The second kappa shape index (κ2) is 8.17. The number of methoxy groups -OCH3 is 1. The predicted octanol–water partition coefficient (Wildman–Crippen LogP) is 4.07. The van der Waals surface area contributed by atoms with Crippen molar-refractivity contribution in [3.63, 3.8) is 0 Å². The first-order chi connectivity index (χ1) is 13.7. The molecule has 6 nitrogen and oxygen atoms in total. The molecule has 1 atom stereocenters. The number of aromatic nitrogens is 1. The van der Waals surface area contributed by atoms with Crippen LogP contribution in [-0.2, 0) is 0 Å². The van der Waals surface area contributed by atoms with Gasteiger partial charge in [-0.2, -0.15) is 0 Å². The molecule has 1 fully saturated rings. The molecule has 0 aliphatic carbocycles. The Bertz CT molecular complexity index is 922. The number of nitrogens with one attached hydrogen (secondary N) is 1. The maximum absolute atomic E-state index is 12.9. The molecule has 4 rings (SSSR count). The Morgan fingerprint density at radius 1 is 1.18 bits per heavy atom. The first kappa shape index (κ1) is 18.1. The van der Waals surface area contributed by atoms with Crippen molar-refractivity contribution in [2.45, 2.75) is 18.9 Å². The molecular formula is C22H23N3O3. The van der Waals surface area contributed by atoms with Crippen LogP contribution in [0.1, 0.15) is 23.4 Å². The summed E-state index contributed by atoms with van der Waals surface area (Å²) >= 11 is 0. The molecule has 28 heavy (non-hydrogen) atoms. The summed E-state index contributed by atoms with van der Waals surface area (Å²) in [6.45, 7) is 1.35. The summed E-state index contributed by atoms with van der Waals surface area (Å²) in [4.78, 5) is 14.7. The van der Waals surface area contributed by atoms with Crippen LogP contribution in [0.4, 0.5) is 5.69 Å². The van der Waals surface area contributed by atoms with Crippen LogP contribution >= 0.6 is 0 Å². The van der Waals surface area contributed by atoms with Gasteiger partial charge in [-0.05, 0) is 37.1 Å². The molecule has 1 aliphatic heterocycles. The first-order valence-electron chi connectivity index (χ1n) is 9.45. The highest BCUT2D eigenvalue weighted by molar-refractivity contribution is 5.92. The van der Waals surface area contributed by atoms with Crippen molar-refractivity contribution in [1.82, 2.24) is 10.1 Å². The summed E-state index contributed by atoms with van der Waals surface area (Å²) in [5, 5.41) is 7.56. The van der Waals surface area contributed by atoms with Gasteiger partial charge >= 0.3 is 0 Å². The lowest BCUT2D eigenvalue weighted by atomic mass is 10.0. The molecule has 1 aliphatic rings. The van der Waals surface area contributed by atoms with E-state index in [2.05, 4.69) is 10.5 Å². The van der Waals surface area contributed by atoms with Gasteiger partial charge in [0.25, 0.3) is 5.91 Å². The maximum atomic E-state index is 12.9. The summed E-state index contributed by atoms with van der Waals surface area (Å²) in [5.41, 5.74) is 2.63. The fourth-order valence-corrected chi connectivity index (χ4v) is 3.48. The Kier molecular flexibility index (Phi) is 5.28. The largest absolute Gasteiger partial charge is 0.497 e. The third kappa shape index (κ3) is 4.01. The Morgan fingerprint density at radius 3 is 2.71 bits per heavy atom. The minimum Gasteiger partial charge on any atom is -0.497 e.